The van der Waals surface area contributed by atoms with Gasteiger partial charge in [-0.1, -0.05) is 29.8 Å². The van der Waals surface area contributed by atoms with Crippen LogP contribution in [0.3, 0.4) is 0 Å². The molecule has 0 saturated carbocycles. The number of carbonyl (C=O) groups is 1. The molecule has 1 amide bonds. The van der Waals surface area contributed by atoms with Gasteiger partial charge in [0.1, 0.15) is 0 Å². The van der Waals surface area contributed by atoms with Gasteiger partial charge in [-0.3, -0.25) is 10.1 Å². The Morgan fingerprint density at radius 2 is 1.95 bits per heavy atom. The summed E-state index contributed by atoms with van der Waals surface area (Å²) in [5, 5.41) is 3.17. The van der Waals surface area contributed by atoms with Crippen LogP contribution < -0.4 is 5.32 Å². The highest BCUT2D eigenvalue weighted by atomic mass is 32.1. The molecule has 0 radical (unpaired) electrons. The third-order valence-corrected chi connectivity index (χ3v) is 3.39. The highest BCUT2D eigenvalue weighted by Crippen LogP contribution is 2.05. The summed E-state index contributed by atoms with van der Waals surface area (Å²) < 4.78 is 5.24. The van der Waals surface area contributed by atoms with Gasteiger partial charge in [0.25, 0.3) is 0 Å². The molecule has 0 unspecified atom stereocenters. The van der Waals surface area contributed by atoms with Gasteiger partial charge in [-0.2, -0.15) is 0 Å². The smallest absolute Gasteiger partial charge is 0.250 e. The maximum absolute atomic E-state index is 11.8. The van der Waals surface area contributed by atoms with Crippen molar-refractivity contribution < 1.29 is 9.53 Å². The van der Waals surface area contributed by atoms with Crippen molar-refractivity contribution in [2.75, 3.05) is 26.3 Å². The molecule has 1 aliphatic rings. The van der Waals surface area contributed by atoms with Gasteiger partial charge in [-0.05, 0) is 30.8 Å². The number of nitrogens with one attached hydrogen (secondary N) is 1. The molecule has 0 spiro atoms. The fraction of sp³-hybridized carbons (Fsp3) is 0.333. The zero-order chi connectivity index (χ0) is 14.4. The summed E-state index contributed by atoms with van der Waals surface area (Å²) in [7, 11) is 0. The molecule has 0 aliphatic carbocycles. The fourth-order valence-corrected chi connectivity index (χ4v) is 2.13. The minimum Gasteiger partial charge on any atom is -0.378 e. The molecule has 1 aromatic rings. The van der Waals surface area contributed by atoms with Crippen molar-refractivity contribution in [3.8, 4) is 0 Å². The molecule has 4 nitrogen and oxygen atoms in total. The third kappa shape index (κ3) is 4.43. The van der Waals surface area contributed by atoms with Gasteiger partial charge < -0.3 is 9.64 Å². The Morgan fingerprint density at radius 1 is 1.30 bits per heavy atom. The van der Waals surface area contributed by atoms with Gasteiger partial charge in [0, 0.05) is 19.2 Å². The van der Waals surface area contributed by atoms with Crippen molar-refractivity contribution in [1.82, 2.24) is 10.2 Å². The van der Waals surface area contributed by atoms with Crippen molar-refractivity contribution in [3.05, 3.63) is 41.5 Å². The van der Waals surface area contributed by atoms with Gasteiger partial charge in [-0.25, -0.2) is 0 Å². The van der Waals surface area contributed by atoms with Crippen molar-refractivity contribution in [2.24, 2.45) is 0 Å². The molecule has 2 rings (SSSR count). The summed E-state index contributed by atoms with van der Waals surface area (Å²) in [6.07, 6.45) is 3.27. The second-order valence-corrected chi connectivity index (χ2v) is 5.02. The first-order chi connectivity index (χ1) is 9.65. The van der Waals surface area contributed by atoms with E-state index in [1.807, 2.05) is 36.1 Å². The van der Waals surface area contributed by atoms with Gasteiger partial charge in [-0.15, -0.1) is 0 Å². The van der Waals surface area contributed by atoms with E-state index in [2.05, 4.69) is 5.32 Å². The van der Waals surface area contributed by atoms with Crippen LogP contribution in [-0.4, -0.2) is 42.2 Å². The Kier molecular flexibility index (Phi) is 5.26. The van der Waals surface area contributed by atoms with E-state index < -0.39 is 0 Å². The number of amides is 1. The molecule has 106 valence electrons. The van der Waals surface area contributed by atoms with Gasteiger partial charge in [0.15, 0.2) is 5.11 Å². The lowest BCUT2D eigenvalue weighted by atomic mass is 10.1. The van der Waals surface area contributed by atoms with Gasteiger partial charge in [0.05, 0.1) is 13.2 Å². The molecule has 1 fully saturated rings. The number of hydrogen-bond acceptors (Lipinski definition) is 3. The highest BCUT2D eigenvalue weighted by molar-refractivity contribution is 7.80. The number of morpholine rings is 1. The van der Waals surface area contributed by atoms with Crippen LogP contribution in [0.4, 0.5) is 0 Å². The minimum atomic E-state index is -0.206. The van der Waals surface area contributed by atoms with E-state index in [9.17, 15) is 4.79 Å². The Balaban J connectivity index is 1.85. The molecular weight excluding hydrogens is 272 g/mol. The van der Waals surface area contributed by atoms with Crippen molar-refractivity contribution in [3.63, 3.8) is 0 Å². The van der Waals surface area contributed by atoms with E-state index in [0.29, 0.717) is 18.3 Å². The lowest BCUT2D eigenvalue weighted by Crippen LogP contribution is -2.47. The number of aryl methyl sites for hydroxylation is 1. The second kappa shape index (κ2) is 7.17. The number of rotatable bonds is 2. The average molecular weight is 290 g/mol. The van der Waals surface area contributed by atoms with Crippen molar-refractivity contribution in [2.45, 2.75) is 6.92 Å². The van der Waals surface area contributed by atoms with Crippen LogP contribution in [0, 0.1) is 6.92 Å². The predicted octanol–water partition coefficient (Wildman–Crippen LogP) is 1.74. The summed E-state index contributed by atoms with van der Waals surface area (Å²) in [6, 6.07) is 7.96. The quantitative estimate of drug-likeness (QED) is 0.665. The lowest BCUT2D eigenvalue weighted by molar-refractivity contribution is -0.115. The fourth-order valence-electron chi connectivity index (χ4n) is 1.84. The lowest BCUT2D eigenvalue weighted by Gasteiger charge is -2.28. The first-order valence-electron chi connectivity index (χ1n) is 6.57. The maximum atomic E-state index is 11.8. The topological polar surface area (TPSA) is 41.6 Å². The Labute approximate surface area is 124 Å². The van der Waals surface area contributed by atoms with E-state index in [-0.39, 0.29) is 5.91 Å². The van der Waals surface area contributed by atoms with Crippen LogP contribution in [0.15, 0.2) is 30.3 Å². The molecule has 1 heterocycles. The zero-order valence-electron chi connectivity index (χ0n) is 11.5. The number of carbonyl (C=O) groups excluding carboxylic acids is 1. The summed E-state index contributed by atoms with van der Waals surface area (Å²) in [5.41, 5.74) is 2.18. The summed E-state index contributed by atoms with van der Waals surface area (Å²) >= 11 is 5.20. The Hall–Kier alpha value is -1.72. The molecule has 1 aliphatic heterocycles. The summed E-state index contributed by atoms with van der Waals surface area (Å²) in [5.74, 6) is -0.206. The minimum absolute atomic E-state index is 0.206. The zero-order valence-corrected chi connectivity index (χ0v) is 12.3. The normalized spacial score (nSPS) is 15.3. The van der Waals surface area contributed by atoms with Gasteiger partial charge in [0.2, 0.25) is 5.91 Å². The molecular formula is C15H18N2O2S. The highest BCUT2D eigenvalue weighted by Gasteiger charge is 2.14. The standard InChI is InChI=1S/C15H18N2O2S/c1-12-2-4-13(5-3-12)6-7-14(18)16-15(20)17-8-10-19-11-9-17/h2-7H,8-11H2,1H3,(H,16,18,20)/b7-6+. The van der Waals surface area contributed by atoms with E-state index >= 15 is 0 Å². The first-order valence-corrected chi connectivity index (χ1v) is 6.98. The van der Waals surface area contributed by atoms with Crippen molar-refractivity contribution in [1.29, 1.82) is 0 Å². The van der Waals surface area contributed by atoms with Crippen molar-refractivity contribution >= 4 is 29.3 Å². The van der Waals surface area contributed by atoms with Crippen LogP contribution in [0.5, 0.6) is 0 Å². The molecule has 0 bridgehead atoms. The van der Waals surface area contributed by atoms with Crippen LogP contribution in [0.1, 0.15) is 11.1 Å². The largest absolute Gasteiger partial charge is 0.378 e. The third-order valence-electron chi connectivity index (χ3n) is 3.03. The number of benzene rings is 1. The number of thiocarbonyl (C=S) groups is 1. The summed E-state index contributed by atoms with van der Waals surface area (Å²) in [4.78, 5) is 13.7. The maximum Gasteiger partial charge on any atom is 0.250 e. The Morgan fingerprint density at radius 3 is 2.60 bits per heavy atom. The van der Waals surface area contributed by atoms with E-state index in [1.54, 1.807) is 6.08 Å². The van der Waals surface area contributed by atoms with Crippen LogP contribution in [0.25, 0.3) is 6.08 Å². The summed E-state index contributed by atoms with van der Waals surface area (Å²) in [6.45, 7) is 4.77. The Bertz CT molecular complexity index is 505. The van der Waals surface area contributed by atoms with Gasteiger partial charge >= 0.3 is 0 Å². The molecule has 5 heteroatoms. The first kappa shape index (κ1) is 14.7. The number of nitrogens with zero attached hydrogens (tertiary/aromatic N) is 1. The second-order valence-electron chi connectivity index (χ2n) is 4.64. The number of hydrogen-bond donors (Lipinski definition) is 1. The molecule has 1 saturated heterocycles. The average Bonchev–Trinajstić information content (AvgIpc) is 2.47. The molecule has 0 atom stereocenters. The number of ether oxygens (including phenoxy) is 1. The molecule has 1 N–H and O–H groups in total. The van der Waals surface area contributed by atoms with Crippen LogP contribution in [-0.2, 0) is 9.53 Å². The van der Waals surface area contributed by atoms with E-state index in [0.717, 1.165) is 18.7 Å². The van der Waals surface area contributed by atoms with Crippen LogP contribution >= 0.6 is 12.2 Å². The molecule has 20 heavy (non-hydrogen) atoms. The van der Waals surface area contributed by atoms with Crippen LogP contribution in [0.2, 0.25) is 0 Å². The predicted molar refractivity (Wildman–Crippen MR) is 83.3 cm³/mol. The van der Waals surface area contributed by atoms with E-state index in [1.165, 1.54) is 11.6 Å². The molecule has 1 aromatic carbocycles. The SMILES string of the molecule is Cc1ccc(/C=C/C(=O)NC(=S)N2CCOCC2)cc1. The molecule has 0 aromatic heterocycles. The van der Waals surface area contributed by atoms with E-state index in [4.69, 9.17) is 17.0 Å². The monoisotopic (exact) mass is 290 g/mol.